The Kier molecular flexibility index (Phi) is 3.31. The summed E-state index contributed by atoms with van der Waals surface area (Å²) in [5.41, 5.74) is 3.47. The number of hydrogen-bond acceptors (Lipinski definition) is 8. The summed E-state index contributed by atoms with van der Waals surface area (Å²) in [6.07, 6.45) is 0. The lowest BCUT2D eigenvalue weighted by Gasteiger charge is -2.31. The molecule has 1 aromatic heterocycles. The third kappa shape index (κ3) is 1.66. The highest BCUT2D eigenvalue weighted by molar-refractivity contribution is 6.12. The van der Waals surface area contributed by atoms with Crippen LogP contribution in [0.5, 0.6) is 5.88 Å². The van der Waals surface area contributed by atoms with Crippen molar-refractivity contribution in [2.24, 2.45) is 5.73 Å². The molecule has 0 fully saturated rings. The van der Waals surface area contributed by atoms with Gasteiger partial charge in [-0.05, 0) is 6.92 Å². The third-order valence-corrected chi connectivity index (χ3v) is 3.21. The Morgan fingerprint density at radius 2 is 1.95 bits per heavy atom. The number of ether oxygens (including phenoxy) is 3. The molecule has 21 heavy (non-hydrogen) atoms. The first-order valence-corrected chi connectivity index (χ1v) is 5.75. The van der Waals surface area contributed by atoms with Crippen LogP contribution in [0.3, 0.4) is 0 Å². The lowest BCUT2D eigenvalue weighted by atomic mass is 9.73. The fourth-order valence-corrected chi connectivity index (χ4v) is 2.32. The van der Waals surface area contributed by atoms with E-state index in [1.165, 1.54) is 0 Å². The third-order valence-electron chi connectivity index (χ3n) is 3.21. The van der Waals surface area contributed by atoms with Gasteiger partial charge in [0.15, 0.2) is 0 Å². The van der Waals surface area contributed by atoms with Gasteiger partial charge in [-0.15, -0.1) is 5.10 Å². The molecule has 1 aliphatic rings. The standard InChI is InChI=1S/C12H12N4O5/c1-5-7-9(16-15-5)21-8(14)6(4-13)12(7,10(17)19-2)11(18)20-3/h14H2,1-3H3,(H,15,16). The number of aromatic amines is 1. The second kappa shape index (κ2) is 4.82. The zero-order valence-electron chi connectivity index (χ0n) is 11.5. The maximum Gasteiger partial charge on any atom is 0.333 e. The summed E-state index contributed by atoms with van der Waals surface area (Å²) in [7, 11) is 2.17. The highest BCUT2D eigenvalue weighted by atomic mass is 16.5. The number of nitrogens with zero attached hydrogens (tertiary/aromatic N) is 2. The Balaban J connectivity index is 2.93. The van der Waals surface area contributed by atoms with Gasteiger partial charge < -0.3 is 19.9 Å². The molecule has 0 radical (unpaired) electrons. The zero-order chi connectivity index (χ0) is 15.8. The lowest BCUT2D eigenvalue weighted by molar-refractivity contribution is -0.160. The molecule has 110 valence electrons. The molecule has 3 N–H and O–H groups in total. The number of carbonyl (C=O) groups is 2. The number of carbonyl (C=O) groups excluding carboxylic acids is 2. The number of fused-ring (bicyclic) bond motifs is 1. The first kappa shape index (κ1) is 14.4. The summed E-state index contributed by atoms with van der Waals surface area (Å²) in [6, 6.07) is 1.72. The Morgan fingerprint density at radius 1 is 1.38 bits per heavy atom. The molecule has 0 amide bonds. The zero-order valence-corrected chi connectivity index (χ0v) is 11.5. The first-order chi connectivity index (χ1) is 9.94. The van der Waals surface area contributed by atoms with Crippen molar-refractivity contribution in [1.82, 2.24) is 10.2 Å². The van der Waals surface area contributed by atoms with E-state index in [9.17, 15) is 14.9 Å². The molecule has 9 nitrogen and oxygen atoms in total. The highest BCUT2D eigenvalue weighted by Crippen LogP contribution is 2.45. The first-order valence-electron chi connectivity index (χ1n) is 5.75. The summed E-state index contributed by atoms with van der Waals surface area (Å²) in [4.78, 5) is 24.7. The van der Waals surface area contributed by atoms with Gasteiger partial charge in [0.05, 0.1) is 19.8 Å². The Morgan fingerprint density at radius 3 is 2.43 bits per heavy atom. The fourth-order valence-electron chi connectivity index (χ4n) is 2.32. The number of aryl methyl sites for hydroxylation is 1. The van der Waals surface area contributed by atoms with Gasteiger partial charge >= 0.3 is 11.9 Å². The summed E-state index contributed by atoms with van der Waals surface area (Å²) >= 11 is 0. The van der Waals surface area contributed by atoms with Crippen molar-refractivity contribution < 1.29 is 23.8 Å². The van der Waals surface area contributed by atoms with E-state index in [1.807, 2.05) is 0 Å². The maximum absolute atomic E-state index is 12.4. The quantitative estimate of drug-likeness (QED) is 0.543. The molecule has 9 heteroatoms. The average molecular weight is 292 g/mol. The molecular weight excluding hydrogens is 280 g/mol. The van der Waals surface area contributed by atoms with Gasteiger partial charge in [-0.25, -0.2) is 0 Å². The second-order valence-corrected chi connectivity index (χ2v) is 4.22. The van der Waals surface area contributed by atoms with Crippen molar-refractivity contribution in [2.45, 2.75) is 12.3 Å². The average Bonchev–Trinajstić information content (AvgIpc) is 2.85. The van der Waals surface area contributed by atoms with Crippen LogP contribution in [0.15, 0.2) is 11.5 Å². The van der Waals surface area contributed by atoms with E-state index >= 15 is 0 Å². The largest absolute Gasteiger partial charge is 0.468 e. The molecule has 1 aliphatic heterocycles. The van der Waals surface area contributed by atoms with Crippen LogP contribution < -0.4 is 10.5 Å². The molecule has 0 aromatic carbocycles. The van der Waals surface area contributed by atoms with Crippen LogP contribution in [0.25, 0.3) is 0 Å². The molecule has 0 saturated heterocycles. The summed E-state index contributed by atoms with van der Waals surface area (Å²) in [5, 5.41) is 15.7. The minimum Gasteiger partial charge on any atom is -0.468 e. The predicted octanol–water partition coefficient (Wildman–Crippen LogP) is -0.612. The highest BCUT2D eigenvalue weighted by Gasteiger charge is 2.60. The molecular formula is C12H12N4O5. The Labute approximate surface area is 119 Å². The van der Waals surface area contributed by atoms with Gasteiger partial charge in [-0.3, -0.25) is 14.7 Å². The maximum atomic E-state index is 12.4. The number of hydrogen-bond donors (Lipinski definition) is 2. The van der Waals surface area contributed by atoms with Crippen molar-refractivity contribution in [3.05, 3.63) is 22.7 Å². The number of nitrogens with one attached hydrogen (secondary N) is 1. The van der Waals surface area contributed by atoms with Crippen molar-refractivity contribution in [1.29, 1.82) is 5.26 Å². The number of nitrogens with two attached hydrogens (primary N) is 1. The van der Waals surface area contributed by atoms with Crippen LogP contribution in [0.2, 0.25) is 0 Å². The Hall–Kier alpha value is -3.02. The van der Waals surface area contributed by atoms with E-state index < -0.39 is 28.8 Å². The van der Waals surface area contributed by atoms with Gasteiger partial charge in [-0.2, -0.15) is 5.26 Å². The van der Waals surface area contributed by atoms with Crippen molar-refractivity contribution in [3.8, 4) is 11.9 Å². The number of nitriles is 1. The van der Waals surface area contributed by atoms with Gasteiger partial charge in [0.25, 0.3) is 0 Å². The minimum absolute atomic E-state index is 0.0481. The smallest absolute Gasteiger partial charge is 0.333 e. The van der Waals surface area contributed by atoms with E-state index in [0.29, 0.717) is 5.69 Å². The molecule has 0 aliphatic carbocycles. The number of H-pyrrole nitrogens is 1. The van der Waals surface area contributed by atoms with Crippen molar-refractivity contribution in [3.63, 3.8) is 0 Å². The van der Waals surface area contributed by atoms with E-state index in [-0.39, 0.29) is 11.4 Å². The molecule has 1 aromatic rings. The van der Waals surface area contributed by atoms with Crippen LogP contribution in [-0.4, -0.2) is 36.4 Å². The van der Waals surface area contributed by atoms with Gasteiger partial charge in [0, 0.05) is 5.69 Å². The van der Waals surface area contributed by atoms with Crippen LogP contribution in [-0.2, 0) is 24.5 Å². The molecule has 0 atom stereocenters. The monoisotopic (exact) mass is 292 g/mol. The van der Waals surface area contributed by atoms with Crippen LogP contribution in [0.4, 0.5) is 0 Å². The van der Waals surface area contributed by atoms with E-state index in [2.05, 4.69) is 10.2 Å². The van der Waals surface area contributed by atoms with Gasteiger partial charge in [-0.1, -0.05) is 0 Å². The summed E-state index contributed by atoms with van der Waals surface area (Å²) in [6.45, 7) is 1.56. The topological polar surface area (TPSA) is 140 Å². The number of rotatable bonds is 2. The van der Waals surface area contributed by atoms with E-state index in [4.69, 9.17) is 19.9 Å². The van der Waals surface area contributed by atoms with Crippen LogP contribution in [0, 0.1) is 18.3 Å². The van der Waals surface area contributed by atoms with Gasteiger partial charge in [0.2, 0.25) is 17.2 Å². The molecule has 0 bridgehead atoms. The SMILES string of the molecule is COC(=O)C1(C(=O)OC)C(C#N)=C(N)Oc2n[nH]c(C)c21. The Bertz CT molecular complexity index is 681. The van der Waals surface area contributed by atoms with Crippen molar-refractivity contribution in [2.75, 3.05) is 14.2 Å². The molecule has 0 unspecified atom stereocenters. The fraction of sp³-hybridized carbons (Fsp3) is 0.333. The van der Waals surface area contributed by atoms with Crippen LogP contribution in [0.1, 0.15) is 11.3 Å². The number of methoxy groups -OCH3 is 2. The molecule has 2 heterocycles. The molecule has 0 spiro atoms. The normalized spacial score (nSPS) is 15.5. The minimum atomic E-state index is -2.16. The molecule has 2 rings (SSSR count). The number of aromatic nitrogens is 2. The van der Waals surface area contributed by atoms with Crippen molar-refractivity contribution >= 4 is 11.9 Å². The lowest BCUT2D eigenvalue weighted by Crippen LogP contribution is -2.50. The van der Waals surface area contributed by atoms with Crippen LogP contribution >= 0.6 is 0 Å². The predicted molar refractivity (Wildman–Crippen MR) is 66.5 cm³/mol. The number of esters is 2. The van der Waals surface area contributed by atoms with E-state index in [0.717, 1.165) is 14.2 Å². The summed E-state index contributed by atoms with van der Waals surface area (Å²) < 4.78 is 14.6. The molecule has 0 saturated carbocycles. The van der Waals surface area contributed by atoms with E-state index in [1.54, 1.807) is 13.0 Å². The second-order valence-electron chi connectivity index (χ2n) is 4.22. The summed E-state index contributed by atoms with van der Waals surface area (Å²) in [5.74, 6) is -2.52. The van der Waals surface area contributed by atoms with Gasteiger partial charge in [0.1, 0.15) is 11.6 Å².